The molecule has 3 aliphatic rings. The number of hydrogen-bond acceptors (Lipinski definition) is 19. The van der Waals surface area contributed by atoms with Crippen molar-refractivity contribution in [3.63, 3.8) is 0 Å². The summed E-state index contributed by atoms with van der Waals surface area (Å²) < 4.78 is 49.1. The van der Waals surface area contributed by atoms with Gasteiger partial charge < -0.3 is 41.2 Å². The van der Waals surface area contributed by atoms with Crippen LogP contribution in [0, 0.1) is 12.3 Å². The van der Waals surface area contributed by atoms with Gasteiger partial charge in [0.2, 0.25) is 15.9 Å². The van der Waals surface area contributed by atoms with Gasteiger partial charge in [-0.15, -0.1) is 6.42 Å². The van der Waals surface area contributed by atoms with Crippen LogP contribution in [0.15, 0.2) is 207 Å². The van der Waals surface area contributed by atoms with Gasteiger partial charge in [0.25, 0.3) is 5.91 Å². The number of carbonyl (C=O) groups excluding carboxylic acids is 2. The summed E-state index contributed by atoms with van der Waals surface area (Å²) in [6.07, 6.45) is 14.6. The fraction of sp³-hybridized carbons (Fsp3) is 0.224. The Kier molecular flexibility index (Phi) is 22.8. The molecule has 6 aromatic carbocycles. The minimum atomic E-state index is -3.49. The van der Waals surface area contributed by atoms with Crippen molar-refractivity contribution in [2.24, 2.45) is 0 Å². The van der Waals surface area contributed by atoms with Crippen molar-refractivity contribution in [2.75, 3.05) is 56.5 Å². The summed E-state index contributed by atoms with van der Waals surface area (Å²) in [5.74, 6) is 7.42. The number of sulfonamides is 1. The lowest BCUT2D eigenvalue weighted by molar-refractivity contribution is -0.127. The van der Waals surface area contributed by atoms with Crippen LogP contribution in [0.1, 0.15) is 72.5 Å². The number of fused-ring (bicyclic) bond motifs is 3. The molecule has 1 atom stereocenters. The third-order valence-corrected chi connectivity index (χ3v) is 18.9. The van der Waals surface area contributed by atoms with Gasteiger partial charge in [0.05, 0.1) is 34.3 Å². The summed E-state index contributed by atoms with van der Waals surface area (Å²) in [4.78, 5) is 53.2. The molecule has 0 aliphatic carbocycles. The third kappa shape index (κ3) is 15.6. The molecule has 3 fully saturated rings. The molecule has 15 rings (SSSR count). The number of hydrogen-bond donors (Lipinski definition) is 3. The van der Waals surface area contributed by atoms with Gasteiger partial charge >= 0.3 is 0 Å². The monoisotopic (exact) mass is 1390 g/mol. The predicted molar refractivity (Wildman–Crippen MR) is 398 cm³/mol. The summed E-state index contributed by atoms with van der Waals surface area (Å²) in [6.45, 7) is 10.1. The third-order valence-electron chi connectivity index (χ3n) is 17.4. The number of terminal acetylenes is 1. The van der Waals surface area contributed by atoms with E-state index >= 15 is 0 Å². The van der Waals surface area contributed by atoms with Crippen LogP contribution in [0.5, 0.6) is 34.5 Å². The van der Waals surface area contributed by atoms with Crippen LogP contribution < -0.4 is 31.4 Å². The molecule has 522 valence electrons. The molecule has 0 radical (unpaired) electrons. The average Bonchev–Trinajstić information content (AvgIpc) is 1.62. The van der Waals surface area contributed by atoms with Crippen molar-refractivity contribution in [3.05, 3.63) is 207 Å². The predicted octanol–water partition coefficient (Wildman–Crippen LogP) is 13.4. The highest BCUT2D eigenvalue weighted by Gasteiger charge is 2.34. The molecule has 0 bridgehead atoms. The van der Waals surface area contributed by atoms with Gasteiger partial charge in [-0.3, -0.25) is 9.59 Å². The van der Waals surface area contributed by atoms with Crippen LogP contribution in [0.25, 0.3) is 66.9 Å². The molecule has 3 aliphatic heterocycles. The Morgan fingerprint density at radius 3 is 1.09 bits per heavy atom. The second kappa shape index (κ2) is 32.1. The van der Waals surface area contributed by atoms with E-state index < -0.39 is 10.0 Å². The first-order chi connectivity index (χ1) is 48.2. The number of para-hydroxylation sites is 3. The number of aromatic nitrogens is 12. The molecule has 12 aromatic rings. The van der Waals surface area contributed by atoms with Gasteiger partial charge in [0.1, 0.15) is 88.0 Å². The average molecular weight is 1390 g/mol. The summed E-state index contributed by atoms with van der Waals surface area (Å²) in [5.41, 5.74) is 25.4. The fourth-order valence-electron chi connectivity index (χ4n) is 12.4. The number of likely N-dealkylation sites (tertiary alicyclic amines) is 2. The Balaban J connectivity index is 0.000000162. The molecule has 2 amide bonds. The minimum Gasteiger partial charge on any atom is -0.457 e. The Labute approximate surface area is 592 Å². The first-order valence-corrected chi connectivity index (χ1v) is 33.5. The second-order valence-electron chi connectivity index (χ2n) is 23.5. The molecule has 6 N–H and O–H groups in total. The van der Waals surface area contributed by atoms with Crippen molar-refractivity contribution in [2.45, 2.75) is 72.5 Å². The van der Waals surface area contributed by atoms with E-state index in [4.69, 9.17) is 53.1 Å². The van der Waals surface area contributed by atoms with E-state index in [2.05, 4.69) is 49.0 Å². The SMILES string of the molecule is C.C.C.C#CC(=O)N1CCC(n2nc(-c3ccc(Oc4ccccc4)cc3)c3c(N)ncnc32)CC1.C=CC(=O)N1CCC(n2nc(-c3ccc(Oc4ccccc4)cc3)c3c(N)ncnc32)CC1.C=CS(=O)(=O)N1CCC(n2nc(-c3ccc(Oc4ccccc4)cc3)c3c(N)ncnc32)C1. The standard InChI is InChI=1S/C25H24N6O2.C25H22N6O2.C23H22N6O3S.3CH4/c2*1-2-21(32)30-14-12-18(13-15-30)31-25-22(24(26)27-16-28-25)23(29-31)17-8-10-20(11-9-17)33-19-6-4-3-5-7-19;1-2-33(30,31)28-13-12-17(14-28)29-23-20(22(24)25-15-26-23)21(27-29)16-8-10-19(11-9-16)32-18-6-4-3-5-7-18;;;/h2-11,16,18H,1,12-15H2,(H2,26,27,28);1,3-11,16,18H,12-15H2,(H2,26,27,28);2-11,15,17H,1,12-14H2,(H2,24,25,26);3*1H4. The second-order valence-corrected chi connectivity index (χ2v) is 25.4. The van der Waals surface area contributed by atoms with E-state index in [-0.39, 0.29) is 52.2 Å². The van der Waals surface area contributed by atoms with E-state index in [1.54, 1.807) is 9.58 Å². The van der Waals surface area contributed by atoms with Crippen molar-refractivity contribution in [1.82, 2.24) is 73.4 Å². The number of anilines is 3. The molecule has 6 aromatic heterocycles. The Morgan fingerprint density at radius 1 is 0.451 bits per heavy atom. The van der Waals surface area contributed by atoms with Gasteiger partial charge in [-0.2, -0.15) is 19.6 Å². The zero-order valence-corrected chi connectivity index (χ0v) is 54.5. The summed E-state index contributed by atoms with van der Waals surface area (Å²) in [5, 5.41) is 17.7. The number of amides is 2. The molecule has 9 heterocycles. The molecule has 1 unspecified atom stereocenters. The van der Waals surface area contributed by atoms with Crippen LogP contribution in [-0.4, -0.2) is 133 Å². The van der Waals surface area contributed by atoms with E-state index in [9.17, 15) is 18.0 Å². The number of carbonyl (C=O) groups is 2. The van der Waals surface area contributed by atoms with E-state index in [1.807, 2.05) is 178 Å². The highest BCUT2D eigenvalue weighted by molar-refractivity contribution is 7.92. The number of ether oxygens (including phenoxy) is 3. The van der Waals surface area contributed by atoms with Crippen molar-refractivity contribution in [3.8, 4) is 80.6 Å². The molecule has 102 heavy (non-hydrogen) atoms. The van der Waals surface area contributed by atoms with Crippen molar-refractivity contribution < 1.29 is 32.2 Å². The number of rotatable bonds is 15. The normalized spacial score (nSPS) is 14.7. The number of nitrogen functional groups attached to an aromatic ring is 3. The van der Waals surface area contributed by atoms with E-state index in [0.717, 1.165) is 98.7 Å². The maximum atomic E-state index is 12.2. The van der Waals surface area contributed by atoms with E-state index in [1.165, 1.54) is 29.4 Å². The Bertz CT molecular complexity index is 5060. The number of nitrogens with zero attached hydrogens (tertiary/aromatic N) is 15. The van der Waals surface area contributed by atoms with Gasteiger partial charge in [0, 0.05) is 61.4 Å². The maximum absolute atomic E-state index is 12.2. The largest absolute Gasteiger partial charge is 0.457 e. The van der Waals surface area contributed by atoms with Crippen molar-refractivity contribution >= 4 is 72.4 Å². The number of nitrogens with two attached hydrogens (primary N) is 3. The molecule has 0 saturated carbocycles. The van der Waals surface area contributed by atoms with E-state index in [0.29, 0.717) is 96.9 Å². The lowest BCUT2D eigenvalue weighted by atomic mass is 10.1. The molecule has 26 heteroatoms. The quantitative estimate of drug-likeness (QED) is 0.0634. The topological polar surface area (TPSA) is 315 Å². The summed E-state index contributed by atoms with van der Waals surface area (Å²) in [7, 11) is -3.49. The zero-order chi connectivity index (χ0) is 68.6. The number of benzene rings is 6. The molecular weight excluding hydrogens is 1310 g/mol. The summed E-state index contributed by atoms with van der Waals surface area (Å²) in [6, 6.07) is 51.8. The fourth-order valence-corrected chi connectivity index (χ4v) is 13.3. The summed E-state index contributed by atoms with van der Waals surface area (Å²) >= 11 is 0. The lowest BCUT2D eigenvalue weighted by Crippen LogP contribution is -2.38. The molecule has 3 saturated heterocycles. The van der Waals surface area contributed by atoms with Crippen molar-refractivity contribution in [1.29, 1.82) is 0 Å². The Morgan fingerprint density at radius 2 is 0.765 bits per heavy atom. The molecular formula is C76H80N18O7S. The first-order valence-electron chi connectivity index (χ1n) is 32.0. The Hall–Kier alpha value is -12.3. The van der Waals surface area contributed by atoms with Gasteiger partial charge in [-0.1, -0.05) is 90.0 Å². The van der Waals surface area contributed by atoms with Gasteiger partial charge in [0.15, 0.2) is 16.9 Å². The first kappa shape index (κ1) is 72.4. The minimum absolute atomic E-state index is 0. The van der Waals surface area contributed by atoms with Crippen LogP contribution in [0.2, 0.25) is 0 Å². The smallest absolute Gasteiger partial charge is 0.298 e. The van der Waals surface area contributed by atoms with Crippen LogP contribution >= 0.6 is 0 Å². The zero-order valence-electron chi connectivity index (χ0n) is 53.7. The van der Waals surface area contributed by atoms with Crippen LogP contribution in [0.3, 0.4) is 0 Å². The highest BCUT2D eigenvalue weighted by atomic mass is 32.2. The van der Waals surface area contributed by atoms with Crippen LogP contribution in [0.4, 0.5) is 17.5 Å². The lowest BCUT2D eigenvalue weighted by Gasteiger charge is -2.31. The van der Waals surface area contributed by atoms with Crippen LogP contribution in [-0.2, 0) is 19.6 Å². The molecule has 0 spiro atoms. The van der Waals surface area contributed by atoms with Gasteiger partial charge in [-0.25, -0.2) is 52.4 Å². The number of piperidine rings is 2. The maximum Gasteiger partial charge on any atom is 0.298 e. The van der Waals surface area contributed by atoms with Gasteiger partial charge in [-0.05, 0) is 153 Å². The highest BCUT2D eigenvalue weighted by Crippen LogP contribution is 2.40. The molecule has 25 nitrogen and oxygen atoms in total.